The van der Waals surface area contributed by atoms with Crippen LogP contribution in [0.5, 0.6) is 0 Å². The van der Waals surface area contributed by atoms with Gasteiger partial charge in [-0.3, -0.25) is 9.89 Å². The summed E-state index contributed by atoms with van der Waals surface area (Å²) in [5, 5.41) is 7.06. The van der Waals surface area contributed by atoms with E-state index in [1.54, 1.807) is 11.9 Å². The van der Waals surface area contributed by atoms with Crippen LogP contribution in [0, 0.1) is 6.92 Å². The van der Waals surface area contributed by atoms with Gasteiger partial charge in [-0.1, -0.05) is 11.6 Å². The fourth-order valence-electron chi connectivity index (χ4n) is 2.16. The molecule has 1 fully saturated rings. The van der Waals surface area contributed by atoms with E-state index in [2.05, 4.69) is 15.2 Å². The average molecular weight is 295 g/mol. The highest BCUT2D eigenvalue weighted by atomic mass is 35.5. The van der Waals surface area contributed by atoms with E-state index in [1.165, 1.54) is 6.39 Å². The molecule has 6 nitrogen and oxygen atoms in total. The molecule has 1 aliphatic carbocycles. The first-order chi connectivity index (χ1) is 9.58. The highest BCUT2D eigenvalue weighted by Gasteiger charge is 2.33. The lowest BCUT2D eigenvalue weighted by Gasteiger charge is -2.16. The zero-order chi connectivity index (χ0) is 14.3. The normalized spacial score (nSPS) is 14.6. The van der Waals surface area contributed by atoms with Gasteiger partial charge >= 0.3 is 0 Å². The Bertz CT molecular complexity index is 645. The number of aromatic amines is 1. The van der Waals surface area contributed by atoms with E-state index in [-0.39, 0.29) is 11.1 Å². The predicted molar refractivity (Wildman–Crippen MR) is 72.6 cm³/mol. The van der Waals surface area contributed by atoms with Gasteiger partial charge in [-0.15, -0.1) is 0 Å². The maximum absolute atomic E-state index is 12.5. The minimum Gasteiger partial charge on any atom is -0.446 e. The standard InChI is InChI=1S/C13H15ClN4O2/c1-7-9(20-6-15-7)5-18(2)13(19)10-11(8-3-4-8)16-17-12(10)14/h6,8H,3-5H2,1-2H3,(H,16,17). The molecule has 0 saturated heterocycles. The van der Waals surface area contributed by atoms with Crippen LogP contribution in [0.25, 0.3) is 0 Å². The molecule has 0 radical (unpaired) electrons. The molecule has 0 atom stereocenters. The van der Waals surface area contributed by atoms with Gasteiger partial charge in [0.1, 0.15) is 5.76 Å². The second kappa shape index (κ2) is 4.94. The summed E-state index contributed by atoms with van der Waals surface area (Å²) in [6, 6.07) is 0. The first-order valence-corrected chi connectivity index (χ1v) is 6.84. The van der Waals surface area contributed by atoms with Gasteiger partial charge in [0.2, 0.25) is 0 Å². The molecule has 1 saturated carbocycles. The van der Waals surface area contributed by atoms with Crippen LogP contribution in [0.1, 0.15) is 46.3 Å². The number of carbonyl (C=O) groups is 1. The Hall–Kier alpha value is -1.82. The van der Waals surface area contributed by atoms with Gasteiger partial charge in [0.15, 0.2) is 11.5 Å². The van der Waals surface area contributed by atoms with Crippen molar-refractivity contribution in [2.24, 2.45) is 0 Å². The SMILES string of the molecule is Cc1ncoc1CN(C)C(=O)c1c(Cl)n[nH]c1C1CC1. The van der Waals surface area contributed by atoms with Crippen molar-refractivity contribution >= 4 is 17.5 Å². The highest BCUT2D eigenvalue weighted by Crippen LogP contribution is 2.42. The summed E-state index contributed by atoms with van der Waals surface area (Å²) in [6.45, 7) is 2.20. The third-order valence-electron chi connectivity index (χ3n) is 3.52. The summed E-state index contributed by atoms with van der Waals surface area (Å²) >= 11 is 6.04. The highest BCUT2D eigenvalue weighted by molar-refractivity contribution is 6.32. The van der Waals surface area contributed by atoms with E-state index in [1.807, 2.05) is 6.92 Å². The van der Waals surface area contributed by atoms with E-state index in [0.717, 1.165) is 24.2 Å². The molecule has 1 amide bonds. The Balaban J connectivity index is 1.81. The average Bonchev–Trinajstić information content (AvgIpc) is 3.09. The molecule has 7 heteroatoms. The second-order valence-electron chi connectivity index (χ2n) is 5.10. The van der Waals surface area contributed by atoms with Crippen LogP contribution in [-0.2, 0) is 6.54 Å². The van der Waals surface area contributed by atoms with Crippen LogP contribution in [0.4, 0.5) is 0 Å². The molecular formula is C13H15ClN4O2. The minimum absolute atomic E-state index is 0.151. The topological polar surface area (TPSA) is 75.0 Å². The molecule has 0 aliphatic heterocycles. The molecule has 0 unspecified atom stereocenters. The van der Waals surface area contributed by atoms with Crippen LogP contribution >= 0.6 is 11.6 Å². The number of H-pyrrole nitrogens is 1. The van der Waals surface area contributed by atoms with Crippen LogP contribution in [0.15, 0.2) is 10.8 Å². The molecule has 2 aromatic rings. The van der Waals surface area contributed by atoms with Crippen LogP contribution < -0.4 is 0 Å². The number of hydrogen-bond donors (Lipinski definition) is 1. The molecule has 0 bridgehead atoms. The molecular weight excluding hydrogens is 280 g/mol. The molecule has 2 heterocycles. The Kier molecular flexibility index (Phi) is 3.25. The number of hydrogen-bond acceptors (Lipinski definition) is 4. The summed E-state index contributed by atoms with van der Waals surface area (Å²) in [4.78, 5) is 18.1. The number of nitrogens with one attached hydrogen (secondary N) is 1. The van der Waals surface area contributed by atoms with Crippen molar-refractivity contribution in [3.8, 4) is 0 Å². The Morgan fingerprint density at radius 3 is 2.95 bits per heavy atom. The minimum atomic E-state index is -0.151. The molecule has 0 aromatic carbocycles. The van der Waals surface area contributed by atoms with E-state index in [9.17, 15) is 4.79 Å². The van der Waals surface area contributed by atoms with Gasteiger partial charge in [-0.25, -0.2) is 4.98 Å². The maximum Gasteiger partial charge on any atom is 0.259 e. The fraction of sp³-hybridized carbons (Fsp3) is 0.462. The molecule has 0 spiro atoms. The lowest BCUT2D eigenvalue weighted by atomic mass is 10.1. The van der Waals surface area contributed by atoms with Gasteiger partial charge in [-0.2, -0.15) is 5.10 Å². The quantitative estimate of drug-likeness (QED) is 0.940. The molecule has 1 N–H and O–H groups in total. The first-order valence-electron chi connectivity index (χ1n) is 6.46. The van der Waals surface area contributed by atoms with Crippen LogP contribution in [-0.4, -0.2) is 33.0 Å². The van der Waals surface area contributed by atoms with E-state index >= 15 is 0 Å². The third-order valence-corrected chi connectivity index (χ3v) is 3.80. The van der Waals surface area contributed by atoms with Gasteiger partial charge in [0.25, 0.3) is 5.91 Å². The van der Waals surface area contributed by atoms with Crippen LogP contribution in [0.3, 0.4) is 0 Å². The van der Waals surface area contributed by atoms with E-state index < -0.39 is 0 Å². The summed E-state index contributed by atoms with van der Waals surface area (Å²) in [6.07, 6.45) is 3.52. The number of nitrogens with zero attached hydrogens (tertiary/aromatic N) is 3. The van der Waals surface area contributed by atoms with Crippen molar-refractivity contribution < 1.29 is 9.21 Å². The molecule has 2 aromatic heterocycles. The molecule has 20 heavy (non-hydrogen) atoms. The molecule has 106 valence electrons. The number of rotatable bonds is 4. The molecule has 3 rings (SSSR count). The van der Waals surface area contributed by atoms with Crippen molar-refractivity contribution in [1.29, 1.82) is 0 Å². The van der Waals surface area contributed by atoms with Crippen LogP contribution in [0.2, 0.25) is 5.15 Å². The van der Waals surface area contributed by atoms with E-state index in [4.69, 9.17) is 16.0 Å². The van der Waals surface area contributed by atoms with Crippen molar-refractivity contribution in [3.63, 3.8) is 0 Å². The number of carbonyl (C=O) groups excluding carboxylic acids is 1. The first kappa shape index (κ1) is 13.2. The Labute approximate surface area is 121 Å². The molecule has 1 aliphatic rings. The van der Waals surface area contributed by atoms with Crippen molar-refractivity contribution in [3.05, 3.63) is 34.3 Å². The third kappa shape index (κ3) is 2.31. The zero-order valence-electron chi connectivity index (χ0n) is 11.3. The lowest BCUT2D eigenvalue weighted by Crippen LogP contribution is -2.27. The summed E-state index contributed by atoms with van der Waals surface area (Å²) in [5.41, 5.74) is 2.11. The smallest absolute Gasteiger partial charge is 0.259 e. The van der Waals surface area contributed by atoms with Crippen molar-refractivity contribution in [2.75, 3.05) is 7.05 Å². The monoisotopic (exact) mass is 294 g/mol. The van der Waals surface area contributed by atoms with Crippen molar-refractivity contribution in [2.45, 2.75) is 32.2 Å². The Morgan fingerprint density at radius 2 is 2.35 bits per heavy atom. The Morgan fingerprint density at radius 1 is 1.60 bits per heavy atom. The lowest BCUT2D eigenvalue weighted by molar-refractivity contribution is 0.0774. The number of oxazole rings is 1. The number of amides is 1. The zero-order valence-corrected chi connectivity index (χ0v) is 12.1. The van der Waals surface area contributed by atoms with E-state index in [0.29, 0.717) is 23.8 Å². The maximum atomic E-state index is 12.5. The number of aryl methyl sites for hydroxylation is 1. The predicted octanol–water partition coefficient (Wildman–Crippen LogP) is 2.51. The van der Waals surface area contributed by atoms with Gasteiger partial charge in [0, 0.05) is 13.0 Å². The second-order valence-corrected chi connectivity index (χ2v) is 5.46. The number of halogens is 1. The largest absolute Gasteiger partial charge is 0.446 e. The van der Waals surface area contributed by atoms with Crippen molar-refractivity contribution in [1.82, 2.24) is 20.1 Å². The summed E-state index contributed by atoms with van der Waals surface area (Å²) in [5.74, 6) is 0.907. The van der Waals surface area contributed by atoms with Gasteiger partial charge in [-0.05, 0) is 19.8 Å². The van der Waals surface area contributed by atoms with Gasteiger partial charge in [0.05, 0.1) is 23.5 Å². The summed E-state index contributed by atoms with van der Waals surface area (Å²) < 4.78 is 5.26. The van der Waals surface area contributed by atoms with Gasteiger partial charge < -0.3 is 9.32 Å². The number of aromatic nitrogens is 3. The fourth-order valence-corrected chi connectivity index (χ4v) is 2.38. The summed E-state index contributed by atoms with van der Waals surface area (Å²) in [7, 11) is 1.71.